The number of hydrogen-bond donors (Lipinski definition) is 2. The van der Waals surface area contributed by atoms with Crippen LogP contribution < -0.4 is 10.9 Å². The monoisotopic (exact) mass is 527 g/mol. The molecule has 196 valence electrons. The summed E-state index contributed by atoms with van der Waals surface area (Å²) in [5.74, 6) is 0.549. The van der Waals surface area contributed by atoms with Gasteiger partial charge in [0.15, 0.2) is 0 Å². The molecule has 0 atom stereocenters. The first-order chi connectivity index (χ1) is 18.6. The molecular formula is C31H34ClN5O. The number of H-pyrrole nitrogens is 1. The fourth-order valence-electron chi connectivity index (χ4n) is 5.96. The zero-order chi connectivity index (χ0) is 25.9. The molecule has 0 amide bonds. The molecule has 0 spiro atoms. The lowest BCUT2D eigenvalue weighted by Crippen LogP contribution is -2.44. The molecule has 0 saturated carbocycles. The van der Waals surface area contributed by atoms with Gasteiger partial charge in [-0.3, -0.25) is 4.79 Å². The standard InChI is InChI=1S/C31H34ClN5O/c32-24-7-5-23(6-8-24)28-21-34-31(38)29-27(28)11-15-33-30(29)35-25-9-3-22(4-10-25)12-18-36-19-13-26(14-20-36)37-16-1-2-17-37/h3-11,15,21,26H,1-2,12-14,16-20H2,(H,33,35)(H,34,38). The van der Waals surface area contributed by atoms with Crippen molar-refractivity contribution in [2.45, 2.75) is 38.1 Å². The normalized spacial score (nSPS) is 17.3. The van der Waals surface area contributed by atoms with Crippen molar-refractivity contribution in [2.75, 3.05) is 38.0 Å². The highest BCUT2D eigenvalue weighted by atomic mass is 35.5. The van der Waals surface area contributed by atoms with Gasteiger partial charge >= 0.3 is 0 Å². The first-order valence-electron chi connectivity index (χ1n) is 13.7. The number of piperidine rings is 1. The largest absolute Gasteiger partial charge is 0.340 e. The maximum atomic E-state index is 12.8. The summed E-state index contributed by atoms with van der Waals surface area (Å²) in [6.45, 7) is 6.13. The quantitative estimate of drug-likeness (QED) is 0.304. The zero-order valence-corrected chi connectivity index (χ0v) is 22.4. The first-order valence-corrected chi connectivity index (χ1v) is 14.1. The number of aromatic amines is 1. The number of hydrogen-bond acceptors (Lipinski definition) is 5. The third-order valence-electron chi connectivity index (χ3n) is 8.12. The second-order valence-corrected chi connectivity index (χ2v) is 10.9. The lowest BCUT2D eigenvalue weighted by molar-refractivity contribution is 0.128. The van der Waals surface area contributed by atoms with Gasteiger partial charge in [0, 0.05) is 46.6 Å². The Bertz CT molecular complexity index is 1440. The smallest absolute Gasteiger partial charge is 0.259 e. The van der Waals surface area contributed by atoms with Crippen molar-refractivity contribution in [3.05, 3.63) is 87.9 Å². The van der Waals surface area contributed by atoms with Crippen molar-refractivity contribution in [2.24, 2.45) is 0 Å². The third kappa shape index (κ3) is 5.48. The molecule has 0 aliphatic carbocycles. The maximum absolute atomic E-state index is 12.8. The van der Waals surface area contributed by atoms with E-state index in [-0.39, 0.29) is 5.56 Å². The number of pyridine rings is 2. The van der Waals surface area contributed by atoms with Crippen molar-refractivity contribution < 1.29 is 0 Å². The number of fused-ring (bicyclic) bond motifs is 1. The molecule has 2 aromatic heterocycles. The number of benzene rings is 2. The van der Waals surface area contributed by atoms with Crippen LogP contribution in [-0.2, 0) is 6.42 Å². The minimum Gasteiger partial charge on any atom is -0.340 e. The molecule has 2 fully saturated rings. The van der Waals surface area contributed by atoms with Crippen LogP contribution in [0.1, 0.15) is 31.2 Å². The topological polar surface area (TPSA) is 64.3 Å². The SMILES string of the molecule is O=c1[nH]cc(-c2ccc(Cl)cc2)c2ccnc(Nc3ccc(CCN4CCC(N5CCCC5)CC4)cc3)c12. The number of halogens is 1. The summed E-state index contributed by atoms with van der Waals surface area (Å²) in [7, 11) is 0. The predicted molar refractivity (Wildman–Crippen MR) is 157 cm³/mol. The van der Waals surface area contributed by atoms with E-state index in [0.717, 1.165) is 41.2 Å². The lowest BCUT2D eigenvalue weighted by Gasteiger charge is -2.36. The van der Waals surface area contributed by atoms with Gasteiger partial charge in [-0.1, -0.05) is 35.9 Å². The van der Waals surface area contributed by atoms with Gasteiger partial charge in [-0.15, -0.1) is 0 Å². The van der Waals surface area contributed by atoms with Crippen LogP contribution in [0.4, 0.5) is 11.5 Å². The van der Waals surface area contributed by atoms with Gasteiger partial charge in [0.1, 0.15) is 5.82 Å². The van der Waals surface area contributed by atoms with Gasteiger partial charge in [0.2, 0.25) is 0 Å². The molecule has 0 radical (unpaired) electrons. The number of nitrogens with one attached hydrogen (secondary N) is 2. The summed E-state index contributed by atoms with van der Waals surface area (Å²) >= 11 is 6.07. The molecule has 38 heavy (non-hydrogen) atoms. The van der Waals surface area contributed by atoms with Crippen LogP contribution in [0.2, 0.25) is 5.02 Å². The highest BCUT2D eigenvalue weighted by Crippen LogP contribution is 2.30. The van der Waals surface area contributed by atoms with Gasteiger partial charge in [-0.2, -0.15) is 0 Å². The Morgan fingerprint density at radius 3 is 2.42 bits per heavy atom. The summed E-state index contributed by atoms with van der Waals surface area (Å²) in [5, 5.41) is 5.44. The first kappa shape index (κ1) is 25.1. The molecule has 4 heterocycles. The van der Waals surface area contributed by atoms with Crippen molar-refractivity contribution in [1.82, 2.24) is 19.8 Å². The van der Waals surface area contributed by atoms with Crippen LogP contribution in [0, 0.1) is 0 Å². The number of likely N-dealkylation sites (tertiary alicyclic amines) is 2. The Morgan fingerprint density at radius 2 is 1.68 bits per heavy atom. The molecule has 7 heteroatoms. The summed E-state index contributed by atoms with van der Waals surface area (Å²) in [6, 6.07) is 18.8. The summed E-state index contributed by atoms with van der Waals surface area (Å²) in [5.41, 5.74) is 3.99. The van der Waals surface area contributed by atoms with E-state index in [1.54, 1.807) is 12.4 Å². The van der Waals surface area contributed by atoms with E-state index in [0.29, 0.717) is 16.2 Å². The van der Waals surface area contributed by atoms with Crippen molar-refractivity contribution >= 4 is 33.9 Å². The Balaban J connectivity index is 1.11. The minimum atomic E-state index is -0.168. The van der Waals surface area contributed by atoms with Crippen LogP contribution in [0.5, 0.6) is 0 Å². The van der Waals surface area contributed by atoms with E-state index in [1.807, 2.05) is 30.3 Å². The predicted octanol–water partition coefficient (Wildman–Crippen LogP) is 6.09. The highest BCUT2D eigenvalue weighted by Gasteiger charge is 2.26. The van der Waals surface area contributed by atoms with Crippen molar-refractivity contribution in [3.63, 3.8) is 0 Å². The molecule has 0 unspecified atom stereocenters. The molecule has 2 aliphatic heterocycles. The molecule has 4 aromatic rings. The van der Waals surface area contributed by atoms with Crippen LogP contribution in [0.25, 0.3) is 21.9 Å². The van der Waals surface area contributed by atoms with Gasteiger partial charge < -0.3 is 20.1 Å². The minimum absolute atomic E-state index is 0.168. The van der Waals surface area contributed by atoms with E-state index in [9.17, 15) is 4.79 Å². The number of anilines is 2. The van der Waals surface area contributed by atoms with Crippen molar-refractivity contribution in [1.29, 1.82) is 0 Å². The number of nitrogens with zero attached hydrogens (tertiary/aromatic N) is 3. The van der Waals surface area contributed by atoms with Crippen molar-refractivity contribution in [3.8, 4) is 11.1 Å². The van der Waals surface area contributed by atoms with Crippen LogP contribution >= 0.6 is 11.6 Å². The maximum Gasteiger partial charge on any atom is 0.259 e. The fraction of sp³-hybridized carbons (Fsp3) is 0.355. The van der Waals surface area contributed by atoms with E-state index < -0.39 is 0 Å². The molecule has 2 saturated heterocycles. The second-order valence-electron chi connectivity index (χ2n) is 10.5. The molecular weight excluding hydrogens is 494 g/mol. The third-order valence-corrected chi connectivity index (χ3v) is 8.37. The summed E-state index contributed by atoms with van der Waals surface area (Å²) in [4.78, 5) is 25.6. The Labute approximate surface area is 228 Å². The van der Waals surface area contributed by atoms with Gasteiger partial charge in [0.05, 0.1) is 5.39 Å². The molecule has 2 N–H and O–H groups in total. The van der Waals surface area contributed by atoms with E-state index in [4.69, 9.17) is 11.6 Å². The number of aromatic nitrogens is 2. The summed E-state index contributed by atoms with van der Waals surface area (Å²) < 4.78 is 0. The van der Waals surface area contributed by atoms with E-state index in [1.165, 1.54) is 57.4 Å². The Morgan fingerprint density at radius 1 is 0.947 bits per heavy atom. The Kier molecular flexibility index (Phi) is 7.45. The average Bonchev–Trinajstić information content (AvgIpc) is 3.49. The van der Waals surface area contributed by atoms with Gasteiger partial charge in [0.25, 0.3) is 5.56 Å². The molecule has 2 aromatic carbocycles. The van der Waals surface area contributed by atoms with Crippen LogP contribution in [0.15, 0.2) is 71.8 Å². The van der Waals surface area contributed by atoms with Crippen LogP contribution in [-0.4, -0.2) is 58.5 Å². The zero-order valence-electron chi connectivity index (χ0n) is 21.6. The van der Waals surface area contributed by atoms with Gasteiger partial charge in [-0.25, -0.2) is 4.98 Å². The molecule has 0 bridgehead atoms. The van der Waals surface area contributed by atoms with E-state index in [2.05, 4.69) is 49.4 Å². The lowest BCUT2D eigenvalue weighted by atomic mass is 10.0. The highest BCUT2D eigenvalue weighted by molar-refractivity contribution is 6.30. The van der Waals surface area contributed by atoms with Gasteiger partial charge in [-0.05, 0) is 99.7 Å². The van der Waals surface area contributed by atoms with E-state index >= 15 is 0 Å². The van der Waals surface area contributed by atoms with Crippen LogP contribution in [0.3, 0.4) is 0 Å². The second kappa shape index (κ2) is 11.3. The Hall–Kier alpha value is -3.19. The molecule has 6 rings (SSSR count). The fourth-order valence-corrected chi connectivity index (χ4v) is 6.09. The number of rotatable bonds is 7. The molecule has 2 aliphatic rings. The average molecular weight is 528 g/mol. The summed E-state index contributed by atoms with van der Waals surface area (Å²) in [6.07, 6.45) is 9.90. The molecule has 6 nitrogen and oxygen atoms in total.